The zero-order valence-corrected chi connectivity index (χ0v) is 12.0. The Morgan fingerprint density at radius 1 is 1.24 bits per heavy atom. The lowest BCUT2D eigenvalue weighted by Crippen LogP contribution is -2.26. The van der Waals surface area contributed by atoms with Crippen LogP contribution in [0.2, 0.25) is 0 Å². The zero-order valence-electron chi connectivity index (χ0n) is 12.0. The SMILES string of the molecule is COc1ccc(C(=O)NCCc2cccnc2)c(OC)n1. The number of hydrogen-bond donors (Lipinski definition) is 1. The predicted molar refractivity (Wildman–Crippen MR) is 77.6 cm³/mol. The van der Waals surface area contributed by atoms with Gasteiger partial charge in [0.1, 0.15) is 5.56 Å². The molecule has 0 bridgehead atoms. The maximum Gasteiger partial charge on any atom is 0.256 e. The Hall–Kier alpha value is -2.63. The summed E-state index contributed by atoms with van der Waals surface area (Å²) in [6.45, 7) is 0.514. The number of nitrogens with zero attached hydrogens (tertiary/aromatic N) is 2. The van der Waals surface area contributed by atoms with Crippen molar-refractivity contribution in [1.82, 2.24) is 15.3 Å². The Labute approximate surface area is 123 Å². The first kappa shape index (κ1) is 14.8. The van der Waals surface area contributed by atoms with Crippen molar-refractivity contribution >= 4 is 5.91 Å². The van der Waals surface area contributed by atoms with Gasteiger partial charge >= 0.3 is 0 Å². The van der Waals surface area contributed by atoms with Crippen LogP contribution in [0.3, 0.4) is 0 Å². The van der Waals surface area contributed by atoms with Crippen LogP contribution < -0.4 is 14.8 Å². The Balaban J connectivity index is 1.97. The van der Waals surface area contributed by atoms with Crippen molar-refractivity contribution < 1.29 is 14.3 Å². The number of carbonyl (C=O) groups is 1. The highest BCUT2D eigenvalue weighted by atomic mass is 16.5. The smallest absolute Gasteiger partial charge is 0.256 e. The summed E-state index contributed by atoms with van der Waals surface area (Å²) in [7, 11) is 2.98. The van der Waals surface area contributed by atoms with Crippen LogP contribution in [0.1, 0.15) is 15.9 Å². The Morgan fingerprint density at radius 2 is 2.10 bits per heavy atom. The fourth-order valence-electron chi connectivity index (χ4n) is 1.83. The molecule has 0 aromatic carbocycles. The van der Waals surface area contributed by atoms with Crippen LogP contribution >= 0.6 is 0 Å². The number of rotatable bonds is 6. The summed E-state index contributed by atoms with van der Waals surface area (Å²) >= 11 is 0. The van der Waals surface area contributed by atoms with Crippen molar-refractivity contribution in [2.45, 2.75) is 6.42 Å². The number of pyridine rings is 2. The quantitative estimate of drug-likeness (QED) is 0.871. The Kier molecular flexibility index (Phi) is 5.09. The lowest BCUT2D eigenvalue weighted by molar-refractivity contribution is 0.0950. The standard InChI is InChI=1S/C15H17N3O3/c1-20-13-6-5-12(15(18-13)21-2)14(19)17-9-7-11-4-3-8-16-10-11/h3-6,8,10H,7,9H2,1-2H3,(H,17,19). The minimum atomic E-state index is -0.231. The lowest BCUT2D eigenvalue weighted by atomic mass is 10.2. The van der Waals surface area contributed by atoms with Crippen LogP contribution in [-0.2, 0) is 6.42 Å². The van der Waals surface area contributed by atoms with Crippen LogP contribution in [0.25, 0.3) is 0 Å². The first-order chi connectivity index (χ1) is 10.2. The van der Waals surface area contributed by atoms with Gasteiger partial charge in [-0.15, -0.1) is 0 Å². The van der Waals surface area contributed by atoms with Crippen LogP contribution in [0.5, 0.6) is 11.8 Å². The van der Waals surface area contributed by atoms with E-state index in [9.17, 15) is 4.79 Å². The summed E-state index contributed by atoms with van der Waals surface area (Å²) in [5, 5.41) is 2.83. The summed E-state index contributed by atoms with van der Waals surface area (Å²) < 4.78 is 10.1. The van der Waals surface area contributed by atoms with E-state index in [2.05, 4.69) is 15.3 Å². The molecule has 2 aromatic rings. The lowest BCUT2D eigenvalue weighted by Gasteiger charge is -2.09. The van der Waals surface area contributed by atoms with Gasteiger partial charge in [-0.25, -0.2) is 0 Å². The molecule has 1 amide bonds. The molecule has 6 heteroatoms. The number of ether oxygens (including phenoxy) is 2. The molecule has 21 heavy (non-hydrogen) atoms. The number of nitrogens with one attached hydrogen (secondary N) is 1. The minimum Gasteiger partial charge on any atom is -0.481 e. The molecule has 6 nitrogen and oxygen atoms in total. The molecule has 0 atom stereocenters. The van der Waals surface area contributed by atoms with Gasteiger partial charge in [-0.3, -0.25) is 9.78 Å². The van der Waals surface area contributed by atoms with Crippen LogP contribution in [-0.4, -0.2) is 36.6 Å². The normalized spacial score (nSPS) is 10.0. The number of methoxy groups -OCH3 is 2. The van der Waals surface area contributed by atoms with E-state index in [-0.39, 0.29) is 11.8 Å². The largest absolute Gasteiger partial charge is 0.481 e. The summed E-state index contributed by atoms with van der Waals surface area (Å²) in [5.41, 5.74) is 1.45. The van der Waals surface area contributed by atoms with Gasteiger partial charge in [0.25, 0.3) is 5.91 Å². The van der Waals surface area contributed by atoms with E-state index in [4.69, 9.17) is 9.47 Å². The number of carbonyl (C=O) groups excluding carboxylic acids is 1. The fourth-order valence-corrected chi connectivity index (χ4v) is 1.83. The molecule has 0 saturated carbocycles. The van der Waals surface area contributed by atoms with E-state index < -0.39 is 0 Å². The van der Waals surface area contributed by atoms with Crippen molar-refractivity contribution in [3.05, 3.63) is 47.8 Å². The van der Waals surface area contributed by atoms with Crippen molar-refractivity contribution in [1.29, 1.82) is 0 Å². The first-order valence-corrected chi connectivity index (χ1v) is 6.50. The molecule has 0 radical (unpaired) electrons. The van der Waals surface area contributed by atoms with Gasteiger partial charge in [-0.05, 0) is 24.1 Å². The number of amides is 1. The second-order valence-corrected chi connectivity index (χ2v) is 4.28. The van der Waals surface area contributed by atoms with Crippen LogP contribution in [0, 0.1) is 0 Å². The Morgan fingerprint density at radius 3 is 2.76 bits per heavy atom. The molecule has 0 fully saturated rings. The molecule has 0 spiro atoms. The number of aromatic nitrogens is 2. The summed E-state index contributed by atoms with van der Waals surface area (Å²) in [4.78, 5) is 20.2. The average Bonchev–Trinajstić information content (AvgIpc) is 2.55. The van der Waals surface area contributed by atoms with Crippen molar-refractivity contribution in [2.75, 3.05) is 20.8 Å². The topological polar surface area (TPSA) is 73.3 Å². The predicted octanol–water partition coefficient (Wildman–Crippen LogP) is 1.47. The number of hydrogen-bond acceptors (Lipinski definition) is 5. The Bertz CT molecular complexity index is 602. The molecular formula is C15H17N3O3. The van der Waals surface area contributed by atoms with E-state index >= 15 is 0 Å². The van der Waals surface area contributed by atoms with Crippen LogP contribution in [0.15, 0.2) is 36.7 Å². The van der Waals surface area contributed by atoms with Gasteiger partial charge in [-0.1, -0.05) is 6.07 Å². The molecule has 2 aromatic heterocycles. The molecule has 0 aliphatic carbocycles. The minimum absolute atomic E-state index is 0.231. The fraction of sp³-hybridized carbons (Fsp3) is 0.267. The van der Waals surface area contributed by atoms with Crippen LogP contribution in [0.4, 0.5) is 0 Å². The van der Waals surface area contributed by atoms with Crippen molar-refractivity contribution in [3.63, 3.8) is 0 Å². The van der Waals surface area contributed by atoms with E-state index in [1.165, 1.54) is 14.2 Å². The van der Waals surface area contributed by atoms with Crippen molar-refractivity contribution in [2.24, 2.45) is 0 Å². The van der Waals surface area contributed by atoms with Gasteiger partial charge in [0.05, 0.1) is 14.2 Å². The second kappa shape index (κ2) is 7.23. The van der Waals surface area contributed by atoms with Gasteiger partial charge in [0, 0.05) is 25.0 Å². The summed E-state index contributed by atoms with van der Waals surface area (Å²) in [6.07, 6.45) is 4.21. The maximum atomic E-state index is 12.1. The summed E-state index contributed by atoms with van der Waals surface area (Å²) in [5.74, 6) is 0.415. The zero-order chi connectivity index (χ0) is 15.1. The maximum absolute atomic E-state index is 12.1. The van der Waals surface area contributed by atoms with Gasteiger partial charge in [0.15, 0.2) is 0 Å². The third-order valence-corrected chi connectivity index (χ3v) is 2.90. The van der Waals surface area contributed by atoms with Gasteiger partial charge in [-0.2, -0.15) is 4.98 Å². The molecule has 0 aliphatic rings. The highest BCUT2D eigenvalue weighted by Gasteiger charge is 2.14. The van der Waals surface area contributed by atoms with E-state index in [0.29, 0.717) is 24.4 Å². The monoisotopic (exact) mass is 287 g/mol. The molecule has 0 saturated heterocycles. The molecule has 0 aliphatic heterocycles. The highest BCUT2D eigenvalue weighted by Crippen LogP contribution is 2.19. The van der Waals surface area contributed by atoms with Crippen molar-refractivity contribution in [3.8, 4) is 11.8 Å². The van der Waals surface area contributed by atoms with E-state index in [1.807, 2.05) is 12.1 Å². The molecular weight excluding hydrogens is 270 g/mol. The van der Waals surface area contributed by atoms with Gasteiger partial charge < -0.3 is 14.8 Å². The molecule has 110 valence electrons. The molecule has 2 heterocycles. The highest BCUT2D eigenvalue weighted by molar-refractivity contribution is 5.96. The van der Waals surface area contributed by atoms with Gasteiger partial charge in [0.2, 0.25) is 11.8 Å². The third-order valence-electron chi connectivity index (χ3n) is 2.90. The molecule has 0 unspecified atom stereocenters. The average molecular weight is 287 g/mol. The summed E-state index contributed by atoms with van der Waals surface area (Å²) in [6, 6.07) is 7.09. The molecule has 2 rings (SSSR count). The van der Waals surface area contributed by atoms with E-state index in [1.54, 1.807) is 24.5 Å². The second-order valence-electron chi connectivity index (χ2n) is 4.28. The molecule has 1 N–H and O–H groups in total. The third kappa shape index (κ3) is 3.92. The van der Waals surface area contributed by atoms with E-state index in [0.717, 1.165) is 5.56 Å². The first-order valence-electron chi connectivity index (χ1n) is 6.50.